The molecule has 49 heavy (non-hydrogen) atoms. The summed E-state index contributed by atoms with van der Waals surface area (Å²) in [5, 5.41) is 6.86. The zero-order valence-electron chi connectivity index (χ0n) is 26.3. The van der Waals surface area contributed by atoms with E-state index >= 15 is 0 Å². The van der Waals surface area contributed by atoms with Crippen molar-refractivity contribution >= 4 is 32.3 Å². The Balaban J connectivity index is 1.13. The zero-order valence-corrected chi connectivity index (χ0v) is 26.3. The quantitative estimate of drug-likeness (QED) is 0.195. The zero-order chi connectivity index (χ0) is 32.3. The Morgan fingerprint density at radius 3 is 1.82 bits per heavy atom. The lowest BCUT2D eigenvalue weighted by molar-refractivity contribution is 0.487. The van der Waals surface area contributed by atoms with Crippen LogP contribution < -0.4 is 4.74 Å². The maximum Gasteiger partial charge on any atom is 0.164 e. The molecule has 4 heteroatoms. The molecular weight excluding hydrogens is 599 g/mol. The van der Waals surface area contributed by atoms with Crippen LogP contribution in [0.15, 0.2) is 164 Å². The Kier molecular flexibility index (Phi) is 6.15. The van der Waals surface area contributed by atoms with Gasteiger partial charge in [0.25, 0.3) is 0 Å². The fraction of sp³-hybridized carbons (Fsp3) is 0. The van der Waals surface area contributed by atoms with E-state index in [0.29, 0.717) is 17.5 Å². The molecule has 0 amide bonds. The molecule has 1 aliphatic heterocycles. The molecule has 0 fully saturated rings. The first-order chi connectivity index (χ1) is 24.3. The van der Waals surface area contributed by atoms with Crippen molar-refractivity contribution in [2.45, 2.75) is 0 Å². The van der Waals surface area contributed by atoms with Gasteiger partial charge in [0.05, 0.1) is 0 Å². The topological polar surface area (TPSA) is 47.9 Å². The molecule has 2 heterocycles. The minimum absolute atomic E-state index is 0.637. The molecule has 1 aliphatic rings. The van der Waals surface area contributed by atoms with Gasteiger partial charge >= 0.3 is 0 Å². The summed E-state index contributed by atoms with van der Waals surface area (Å²) in [5.41, 5.74) is 7.37. The van der Waals surface area contributed by atoms with Crippen molar-refractivity contribution in [1.29, 1.82) is 0 Å². The van der Waals surface area contributed by atoms with Crippen molar-refractivity contribution in [2.24, 2.45) is 0 Å². The third-order valence-electron chi connectivity index (χ3n) is 9.51. The van der Waals surface area contributed by atoms with Crippen LogP contribution in [-0.2, 0) is 0 Å². The highest BCUT2D eigenvalue weighted by molar-refractivity contribution is 6.07. The van der Waals surface area contributed by atoms with E-state index in [-0.39, 0.29) is 0 Å². The lowest BCUT2D eigenvalue weighted by atomic mass is 9.91. The normalized spacial score (nSPS) is 11.8. The van der Waals surface area contributed by atoms with Crippen LogP contribution in [0.25, 0.3) is 88.7 Å². The van der Waals surface area contributed by atoms with E-state index in [1.165, 1.54) is 16.3 Å². The van der Waals surface area contributed by atoms with Crippen LogP contribution in [0.1, 0.15) is 0 Å². The Labute approximate surface area is 283 Å². The predicted molar refractivity (Wildman–Crippen MR) is 200 cm³/mol. The average Bonchev–Trinajstić information content (AvgIpc) is 3.17. The highest BCUT2D eigenvalue weighted by atomic mass is 16.5. The molecular formula is C45H27N3O. The molecule has 1 aromatic heterocycles. The van der Waals surface area contributed by atoms with Gasteiger partial charge in [0.2, 0.25) is 0 Å². The van der Waals surface area contributed by atoms with Gasteiger partial charge < -0.3 is 4.74 Å². The summed E-state index contributed by atoms with van der Waals surface area (Å²) >= 11 is 0. The van der Waals surface area contributed by atoms with Crippen molar-refractivity contribution in [1.82, 2.24) is 15.0 Å². The molecule has 0 bridgehead atoms. The molecule has 0 unspecified atom stereocenters. The minimum Gasteiger partial charge on any atom is -0.456 e. The fourth-order valence-corrected chi connectivity index (χ4v) is 7.15. The second-order valence-corrected chi connectivity index (χ2v) is 12.4. The van der Waals surface area contributed by atoms with Crippen LogP contribution in [0.5, 0.6) is 11.5 Å². The summed E-state index contributed by atoms with van der Waals surface area (Å²) < 4.78 is 6.53. The van der Waals surface area contributed by atoms with Crippen LogP contribution in [0.2, 0.25) is 0 Å². The lowest BCUT2D eigenvalue weighted by Crippen LogP contribution is -2.01. The Bertz CT molecular complexity index is 2750. The number of fused-ring (bicyclic) bond motifs is 4. The number of aromatic nitrogens is 3. The second-order valence-electron chi connectivity index (χ2n) is 12.4. The molecule has 0 N–H and O–H groups in total. The van der Waals surface area contributed by atoms with E-state index in [1.54, 1.807) is 0 Å². The summed E-state index contributed by atoms with van der Waals surface area (Å²) in [5.74, 6) is 3.68. The van der Waals surface area contributed by atoms with Crippen LogP contribution in [0.4, 0.5) is 0 Å². The Hall–Kier alpha value is -6.65. The SMILES string of the molecule is c1ccc(-c2nc(-c3ccc4ccccc4c3)nc(-c3ccc(-c4ccc5c(c4)Oc4cccc6cccc-5c46)c4ccccc34)n2)cc1. The van der Waals surface area contributed by atoms with Gasteiger partial charge in [-0.15, -0.1) is 0 Å². The second kappa shape index (κ2) is 11.0. The van der Waals surface area contributed by atoms with E-state index < -0.39 is 0 Å². The van der Waals surface area contributed by atoms with Crippen molar-refractivity contribution in [3.05, 3.63) is 164 Å². The molecule has 228 valence electrons. The van der Waals surface area contributed by atoms with Gasteiger partial charge in [-0.3, -0.25) is 0 Å². The minimum atomic E-state index is 0.637. The summed E-state index contributed by atoms with van der Waals surface area (Å²) in [6.45, 7) is 0. The summed E-state index contributed by atoms with van der Waals surface area (Å²) in [4.78, 5) is 15.2. The molecule has 0 atom stereocenters. The average molecular weight is 626 g/mol. The van der Waals surface area contributed by atoms with Crippen LogP contribution in [0.3, 0.4) is 0 Å². The van der Waals surface area contributed by atoms with Gasteiger partial charge in [-0.1, -0.05) is 133 Å². The maximum atomic E-state index is 6.53. The number of hydrogen-bond acceptors (Lipinski definition) is 4. The van der Waals surface area contributed by atoms with E-state index in [1.807, 2.05) is 30.3 Å². The molecule has 0 aliphatic carbocycles. The molecule has 4 nitrogen and oxygen atoms in total. The van der Waals surface area contributed by atoms with Crippen LogP contribution in [-0.4, -0.2) is 15.0 Å². The first-order valence-electron chi connectivity index (χ1n) is 16.4. The van der Waals surface area contributed by atoms with E-state index in [0.717, 1.165) is 66.4 Å². The van der Waals surface area contributed by atoms with E-state index in [2.05, 4.69) is 133 Å². The highest BCUT2D eigenvalue weighted by Crippen LogP contribution is 2.48. The van der Waals surface area contributed by atoms with Crippen LogP contribution in [0, 0.1) is 0 Å². The van der Waals surface area contributed by atoms with E-state index in [9.17, 15) is 0 Å². The summed E-state index contributed by atoms with van der Waals surface area (Å²) in [6, 6.07) is 56.9. The summed E-state index contributed by atoms with van der Waals surface area (Å²) in [6.07, 6.45) is 0. The lowest BCUT2D eigenvalue weighted by Gasteiger charge is -2.22. The Morgan fingerprint density at radius 1 is 0.327 bits per heavy atom. The van der Waals surface area contributed by atoms with E-state index in [4.69, 9.17) is 19.7 Å². The largest absolute Gasteiger partial charge is 0.456 e. The number of rotatable bonds is 4. The number of ether oxygens (including phenoxy) is 1. The molecule has 0 spiro atoms. The third-order valence-corrected chi connectivity index (χ3v) is 9.51. The van der Waals surface area contributed by atoms with Crippen molar-refractivity contribution in [3.8, 4) is 67.9 Å². The predicted octanol–water partition coefficient (Wildman–Crippen LogP) is 11.8. The standard InChI is InChI=1S/C45H27N3O/c1-2-11-30(12-3-1)43-46-44(33-21-20-28-10-4-5-13-31(28)26-33)48-45(47-43)39-25-24-34(35-16-6-7-17-36(35)39)32-22-23-37-38-18-8-14-29-15-9-19-40(42(29)38)49-41(37)27-32/h1-27H. The van der Waals surface area contributed by atoms with Crippen LogP contribution >= 0.6 is 0 Å². The number of nitrogens with zero attached hydrogens (tertiary/aromatic N) is 3. The fourth-order valence-electron chi connectivity index (χ4n) is 7.15. The molecule has 8 aromatic carbocycles. The monoisotopic (exact) mass is 625 g/mol. The van der Waals surface area contributed by atoms with Gasteiger partial charge in [0, 0.05) is 27.6 Å². The Morgan fingerprint density at radius 2 is 0.959 bits per heavy atom. The van der Waals surface area contributed by atoms with Crippen molar-refractivity contribution < 1.29 is 4.74 Å². The number of benzene rings is 8. The first kappa shape index (κ1) is 27.5. The molecule has 0 saturated heterocycles. The van der Waals surface area contributed by atoms with Gasteiger partial charge in [-0.05, 0) is 74.0 Å². The van der Waals surface area contributed by atoms with Crippen molar-refractivity contribution in [3.63, 3.8) is 0 Å². The molecule has 9 aromatic rings. The first-order valence-corrected chi connectivity index (χ1v) is 16.4. The van der Waals surface area contributed by atoms with Crippen molar-refractivity contribution in [2.75, 3.05) is 0 Å². The third kappa shape index (κ3) is 4.57. The van der Waals surface area contributed by atoms with Gasteiger partial charge in [0.1, 0.15) is 11.5 Å². The number of hydrogen-bond donors (Lipinski definition) is 0. The molecule has 10 rings (SSSR count). The smallest absolute Gasteiger partial charge is 0.164 e. The van der Waals surface area contributed by atoms with Gasteiger partial charge in [-0.2, -0.15) is 0 Å². The summed E-state index contributed by atoms with van der Waals surface area (Å²) in [7, 11) is 0. The maximum absolute atomic E-state index is 6.53. The van der Waals surface area contributed by atoms with Gasteiger partial charge in [-0.25, -0.2) is 15.0 Å². The molecule has 0 saturated carbocycles. The van der Waals surface area contributed by atoms with Gasteiger partial charge in [0.15, 0.2) is 17.5 Å². The molecule has 0 radical (unpaired) electrons. The highest BCUT2D eigenvalue weighted by Gasteiger charge is 2.21.